The molecule has 6 heteroatoms. The lowest BCUT2D eigenvalue weighted by molar-refractivity contribution is 0.379. The summed E-state index contributed by atoms with van der Waals surface area (Å²) in [6.45, 7) is 2.83. The average molecular weight is 344 g/mol. The van der Waals surface area contributed by atoms with Crippen molar-refractivity contribution in [1.82, 2.24) is 4.90 Å². The molecule has 0 saturated carbocycles. The highest BCUT2D eigenvalue weighted by molar-refractivity contribution is 9.10. The van der Waals surface area contributed by atoms with Gasteiger partial charge in [-0.1, -0.05) is 11.6 Å². The van der Waals surface area contributed by atoms with E-state index in [-0.39, 0.29) is 5.54 Å². The molecule has 0 bridgehead atoms. The summed E-state index contributed by atoms with van der Waals surface area (Å²) in [5, 5.41) is 0.705. The standard InChI is InChI=1S/C13H16BrClN4/c1-18-5-4-13(8-18)7-17-12(16)19(13)9-2-3-11(15)10(14)6-9/h2-3,6H,4-5,7-8H2,1H3,(H2,16,17). The molecule has 102 valence electrons. The largest absolute Gasteiger partial charge is 0.369 e. The molecule has 1 aromatic rings. The Hall–Kier alpha value is -0.780. The van der Waals surface area contributed by atoms with E-state index >= 15 is 0 Å². The third-order valence-corrected chi connectivity index (χ3v) is 5.14. The van der Waals surface area contributed by atoms with Crippen molar-refractivity contribution in [2.75, 3.05) is 31.6 Å². The first-order chi connectivity index (χ1) is 9.02. The van der Waals surface area contributed by atoms with Gasteiger partial charge >= 0.3 is 0 Å². The molecule has 0 amide bonds. The van der Waals surface area contributed by atoms with Crippen LogP contribution < -0.4 is 10.6 Å². The molecule has 0 aliphatic carbocycles. The Bertz CT molecular complexity index is 547. The summed E-state index contributed by atoms with van der Waals surface area (Å²) < 4.78 is 0.882. The summed E-state index contributed by atoms with van der Waals surface area (Å²) in [7, 11) is 2.14. The van der Waals surface area contributed by atoms with Gasteiger partial charge in [0, 0.05) is 23.2 Å². The van der Waals surface area contributed by atoms with E-state index in [4.69, 9.17) is 17.3 Å². The first-order valence-corrected chi connectivity index (χ1v) is 7.43. The zero-order valence-corrected chi connectivity index (χ0v) is 13.1. The number of rotatable bonds is 1. The molecule has 2 aliphatic heterocycles. The molecule has 1 atom stereocenters. The molecule has 2 aliphatic rings. The SMILES string of the molecule is CN1CCC2(CN=C(N)N2c2ccc(Cl)c(Br)c2)C1. The van der Waals surface area contributed by atoms with E-state index in [1.807, 2.05) is 18.2 Å². The second-order valence-electron chi connectivity index (χ2n) is 5.32. The Morgan fingerprint density at radius 2 is 2.26 bits per heavy atom. The van der Waals surface area contributed by atoms with Crippen LogP contribution in [0, 0.1) is 0 Å². The topological polar surface area (TPSA) is 44.9 Å². The van der Waals surface area contributed by atoms with E-state index in [0.717, 1.165) is 36.2 Å². The van der Waals surface area contributed by atoms with Gasteiger partial charge in [0.05, 0.1) is 17.1 Å². The fraction of sp³-hybridized carbons (Fsp3) is 0.462. The average Bonchev–Trinajstić information content (AvgIpc) is 2.88. The number of likely N-dealkylation sites (N-methyl/N-ethyl adjacent to an activating group) is 1. The van der Waals surface area contributed by atoms with Crippen molar-refractivity contribution in [2.24, 2.45) is 10.7 Å². The zero-order valence-electron chi connectivity index (χ0n) is 10.7. The maximum atomic E-state index is 6.11. The Morgan fingerprint density at radius 3 is 2.89 bits per heavy atom. The number of anilines is 1. The number of hydrogen-bond donors (Lipinski definition) is 1. The number of nitrogens with two attached hydrogens (primary N) is 1. The molecule has 3 rings (SSSR count). The molecule has 2 heterocycles. The van der Waals surface area contributed by atoms with E-state index in [2.05, 4.69) is 37.8 Å². The summed E-state index contributed by atoms with van der Waals surface area (Å²) in [6.07, 6.45) is 1.08. The van der Waals surface area contributed by atoms with Crippen LogP contribution in [0.4, 0.5) is 5.69 Å². The molecule has 1 fully saturated rings. The number of benzene rings is 1. The summed E-state index contributed by atoms with van der Waals surface area (Å²) in [5.74, 6) is 0.601. The monoisotopic (exact) mass is 342 g/mol. The number of hydrogen-bond acceptors (Lipinski definition) is 4. The lowest BCUT2D eigenvalue weighted by Gasteiger charge is -2.36. The smallest absolute Gasteiger partial charge is 0.196 e. The first kappa shape index (κ1) is 13.2. The zero-order chi connectivity index (χ0) is 13.6. The minimum absolute atomic E-state index is 0.00605. The van der Waals surface area contributed by atoms with Crippen LogP contribution in [-0.2, 0) is 0 Å². The van der Waals surface area contributed by atoms with E-state index < -0.39 is 0 Å². The third kappa shape index (κ3) is 2.14. The van der Waals surface area contributed by atoms with Gasteiger partial charge in [0.15, 0.2) is 5.96 Å². The van der Waals surface area contributed by atoms with Crippen LogP contribution >= 0.6 is 27.5 Å². The second kappa shape index (κ2) is 4.65. The molecule has 1 aromatic carbocycles. The van der Waals surface area contributed by atoms with Crippen molar-refractivity contribution in [2.45, 2.75) is 12.0 Å². The second-order valence-corrected chi connectivity index (χ2v) is 6.58. The molecular formula is C13H16BrClN4. The molecule has 0 radical (unpaired) electrons. The van der Waals surface area contributed by atoms with Gasteiger partial charge in [-0.05, 0) is 47.6 Å². The third-order valence-electron chi connectivity index (χ3n) is 3.92. The minimum atomic E-state index is 0.00605. The van der Waals surface area contributed by atoms with E-state index in [1.54, 1.807) is 0 Å². The van der Waals surface area contributed by atoms with Crippen LogP contribution in [0.25, 0.3) is 0 Å². The number of halogens is 2. The van der Waals surface area contributed by atoms with Crippen LogP contribution in [0.2, 0.25) is 5.02 Å². The molecule has 0 aromatic heterocycles. The van der Waals surface area contributed by atoms with Gasteiger partial charge < -0.3 is 15.5 Å². The fourth-order valence-corrected chi connectivity index (χ4v) is 3.50. The van der Waals surface area contributed by atoms with Gasteiger partial charge in [-0.25, -0.2) is 0 Å². The predicted molar refractivity (Wildman–Crippen MR) is 83.0 cm³/mol. The highest BCUT2D eigenvalue weighted by atomic mass is 79.9. The Balaban J connectivity index is 2.00. The van der Waals surface area contributed by atoms with Crippen LogP contribution in [0.15, 0.2) is 27.7 Å². The summed E-state index contributed by atoms with van der Waals surface area (Å²) in [6, 6.07) is 5.90. The van der Waals surface area contributed by atoms with Gasteiger partial charge in [-0.15, -0.1) is 0 Å². The molecule has 1 saturated heterocycles. The number of guanidine groups is 1. The highest BCUT2D eigenvalue weighted by Gasteiger charge is 2.47. The molecule has 4 nitrogen and oxygen atoms in total. The number of likely N-dealkylation sites (tertiary alicyclic amines) is 1. The Morgan fingerprint density at radius 1 is 1.47 bits per heavy atom. The Labute approximate surface area is 126 Å². The first-order valence-electron chi connectivity index (χ1n) is 6.26. The van der Waals surface area contributed by atoms with Crippen molar-refractivity contribution in [3.63, 3.8) is 0 Å². The maximum absolute atomic E-state index is 6.11. The molecular weight excluding hydrogens is 328 g/mol. The van der Waals surface area contributed by atoms with Crippen molar-refractivity contribution in [3.8, 4) is 0 Å². The van der Waals surface area contributed by atoms with Gasteiger partial charge in [-0.3, -0.25) is 4.99 Å². The maximum Gasteiger partial charge on any atom is 0.196 e. The lowest BCUT2D eigenvalue weighted by Crippen LogP contribution is -2.53. The van der Waals surface area contributed by atoms with Crippen LogP contribution in [0.1, 0.15) is 6.42 Å². The molecule has 19 heavy (non-hydrogen) atoms. The highest BCUT2D eigenvalue weighted by Crippen LogP contribution is 2.37. The number of nitrogens with zero attached hydrogens (tertiary/aromatic N) is 3. The molecule has 1 spiro atoms. The normalized spacial score (nSPS) is 27.3. The van der Waals surface area contributed by atoms with Crippen molar-refractivity contribution >= 4 is 39.2 Å². The quantitative estimate of drug-likeness (QED) is 0.851. The van der Waals surface area contributed by atoms with E-state index in [1.165, 1.54) is 0 Å². The summed E-state index contributed by atoms with van der Waals surface area (Å²) in [4.78, 5) is 8.95. The van der Waals surface area contributed by atoms with E-state index in [0.29, 0.717) is 11.0 Å². The van der Waals surface area contributed by atoms with Crippen LogP contribution in [-0.4, -0.2) is 43.1 Å². The van der Waals surface area contributed by atoms with Crippen LogP contribution in [0.3, 0.4) is 0 Å². The summed E-state index contributed by atoms with van der Waals surface area (Å²) >= 11 is 9.54. The van der Waals surface area contributed by atoms with Crippen molar-refractivity contribution in [3.05, 3.63) is 27.7 Å². The van der Waals surface area contributed by atoms with Gasteiger partial charge in [0.1, 0.15) is 0 Å². The van der Waals surface area contributed by atoms with E-state index in [9.17, 15) is 0 Å². The number of aliphatic imine (C=N–C) groups is 1. The molecule has 1 unspecified atom stereocenters. The van der Waals surface area contributed by atoms with Gasteiger partial charge in [-0.2, -0.15) is 0 Å². The Kier molecular flexibility index (Phi) is 3.23. The van der Waals surface area contributed by atoms with Gasteiger partial charge in [0.25, 0.3) is 0 Å². The summed E-state index contributed by atoms with van der Waals surface area (Å²) in [5.41, 5.74) is 7.16. The predicted octanol–water partition coefficient (Wildman–Crippen LogP) is 2.31. The van der Waals surface area contributed by atoms with Crippen molar-refractivity contribution in [1.29, 1.82) is 0 Å². The fourth-order valence-electron chi connectivity index (χ4n) is 3.01. The van der Waals surface area contributed by atoms with Crippen LogP contribution in [0.5, 0.6) is 0 Å². The lowest BCUT2D eigenvalue weighted by atomic mass is 9.97. The molecule has 2 N–H and O–H groups in total. The van der Waals surface area contributed by atoms with Crippen molar-refractivity contribution < 1.29 is 0 Å². The minimum Gasteiger partial charge on any atom is -0.369 e. The van der Waals surface area contributed by atoms with Gasteiger partial charge in [0.2, 0.25) is 0 Å².